The molecule has 1 unspecified atom stereocenters. The van der Waals surface area contributed by atoms with E-state index < -0.39 is 0 Å². The normalized spacial score (nSPS) is 19.3. The number of hydrogen-bond acceptors (Lipinski definition) is 4. The lowest BCUT2D eigenvalue weighted by molar-refractivity contribution is -0.124. The van der Waals surface area contributed by atoms with Crippen LogP contribution in [0.4, 0.5) is 0 Å². The number of amides is 1. The summed E-state index contributed by atoms with van der Waals surface area (Å²) in [6, 6.07) is 4.23. The first-order valence-corrected chi connectivity index (χ1v) is 7.67. The maximum atomic E-state index is 12.3. The summed E-state index contributed by atoms with van der Waals surface area (Å²) in [5, 5.41) is 6.50. The first kappa shape index (κ1) is 18.9. The molecule has 1 atom stereocenters. The molecule has 0 saturated carbocycles. The summed E-state index contributed by atoms with van der Waals surface area (Å²) in [6.07, 6.45) is 4.59. The van der Waals surface area contributed by atoms with Crippen molar-refractivity contribution >= 4 is 18.3 Å². The molecule has 22 heavy (non-hydrogen) atoms. The van der Waals surface area contributed by atoms with Crippen LogP contribution in [0.5, 0.6) is 0 Å². The fourth-order valence-corrected chi connectivity index (χ4v) is 2.53. The number of piperazine rings is 1. The van der Waals surface area contributed by atoms with E-state index in [0.29, 0.717) is 6.54 Å². The Morgan fingerprint density at radius 2 is 2.32 bits per heavy atom. The van der Waals surface area contributed by atoms with Crippen molar-refractivity contribution in [1.29, 1.82) is 0 Å². The van der Waals surface area contributed by atoms with Crippen molar-refractivity contribution in [3.8, 4) is 0 Å². The molecule has 0 spiro atoms. The fourth-order valence-electron chi connectivity index (χ4n) is 2.53. The molecule has 1 aliphatic rings. The van der Waals surface area contributed by atoms with Gasteiger partial charge in [0.25, 0.3) is 0 Å². The first-order valence-electron chi connectivity index (χ1n) is 7.67. The van der Waals surface area contributed by atoms with Gasteiger partial charge in [0.2, 0.25) is 5.91 Å². The Morgan fingerprint density at radius 1 is 1.55 bits per heavy atom. The minimum Gasteiger partial charge on any atom is -0.350 e. The molecule has 1 amide bonds. The molecule has 124 valence electrons. The molecule has 6 heteroatoms. The number of nitrogens with one attached hydrogen (secondary N) is 2. The van der Waals surface area contributed by atoms with Crippen LogP contribution in [0.1, 0.15) is 38.8 Å². The van der Waals surface area contributed by atoms with Crippen molar-refractivity contribution < 1.29 is 4.79 Å². The van der Waals surface area contributed by atoms with Crippen LogP contribution in [0.3, 0.4) is 0 Å². The van der Waals surface area contributed by atoms with Gasteiger partial charge in [-0.25, -0.2) is 0 Å². The molecule has 2 rings (SSSR count). The second-order valence-electron chi connectivity index (χ2n) is 6.26. The highest BCUT2D eigenvalue weighted by Gasteiger charge is 2.27. The molecule has 1 aromatic heterocycles. The number of aromatic nitrogens is 1. The van der Waals surface area contributed by atoms with Crippen LogP contribution in [0.15, 0.2) is 24.5 Å². The molecule has 1 saturated heterocycles. The predicted octanol–water partition coefficient (Wildman–Crippen LogP) is 1.75. The van der Waals surface area contributed by atoms with Crippen LogP contribution >= 0.6 is 12.4 Å². The van der Waals surface area contributed by atoms with Gasteiger partial charge in [0.05, 0.1) is 6.54 Å². The first-order chi connectivity index (χ1) is 10.0. The molecule has 2 N–H and O–H groups in total. The quantitative estimate of drug-likeness (QED) is 0.865. The molecule has 5 nitrogen and oxygen atoms in total. The zero-order valence-corrected chi connectivity index (χ0v) is 14.4. The number of carbonyl (C=O) groups is 1. The molecule has 1 fully saturated rings. The Bertz CT molecular complexity index is 466. The SMILES string of the molecule is CCC(C)(C)NC(=O)CN1CCNCC1c1cccnc1.Cl. The largest absolute Gasteiger partial charge is 0.350 e. The summed E-state index contributed by atoms with van der Waals surface area (Å²) in [7, 11) is 0. The van der Waals surface area contributed by atoms with E-state index in [-0.39, 0.29) is 29.9 Å². The lowest BCUT2D eigenvalue weighted by Crippen LogP contribution is -2.52. The van der Waals surface area contributed by atoms with Crippen LogP contribution in [-0.2, 0) is 4.79 Å². The lowest BCUT2D eigenvalue weighted by atomic mass is 10.0. The van der Waals surface area contributed by atoms with Crippen LogP contribution in [0.2, 0.25) is 0 Å². The molecule has 0 radical (unpaired) electrons. The number of nitrogens with zero attached hydrogens (tertiary/aromatic N) is 2. The van der Waals surface area contributed by atoms with Crippen LogP contribution in [0, 0.1) is 0 Å². The number of rotatable bonds is 5. The summed E-state index contributed by atoms with van der Waals surface area (Å²) in [5.74, 6) is 0.0950. The predicted molar refractivity (Wildman–Crippen MR) is 91.2 cm³/mol. The number of halogens is 1. The number of carbonyl (C=O) groups excluding carboxylic acids is 1. The van der Waals surface area contributed by atoms with E-state index in [0.717, 1.165) is 31.6 Å². The molecule has 1 aromatic rings. The molecule has 1 aliphatic heterocycles. The van der Waals surface area contributed by atoms with Crippen molar-refractivity contribution in [2.24, 2.45) is 0 Å². The van der Waals surface area contributed by atoms with Crippen molar-refractivity contribution in [3.05, 3.63) is 30.1 Å². The molecular weight excluding hydrogens is 300 g/mol. The summed E-state index contributed by atoms with van der Waals surface area (Å²) < 4.78 is 0. The summed E-state index contributed by atoms with van der Waals surface area (Å²) in [4.78, 5) is 18.7. The van der Waals surface area contributed by atoms with E-state index in [1.165, 1.54) is 0 Å². The number of pyridine rings is 1. The van der Waals surface area contributed by atoms with Gasteiger partial charge in [0.1, 0.15) is 0 Å². The summed E-state index contributed by atoms with van der Waals surface area (Å²) >= 11 is 0. The average molecular weight is 327 g/mol. The van der Waals surface area contributed by atoms with Gasteiger partial charge in [0.15, 0.2) is 0 Å². The van der Waals surface area contributed by atoms with Crippen molar-refractivity contribution in [2.45, 2.75) is 38.8 Å². The van der Waals surface area contributed by atoms with Gasteiger partial charge in [0, 0.05) is 43.6 Å². The Balaban J connectivity index is 0.00000242. The summed E-state index contributed by atoms with van der Waals surface area (Å²) in [5.41, 5.74) is 1.02. The van der Waals surface area contributed by atoms with E-state index in [9.17, 15) is 4.79 Å². The van der Waals surface area contributed by atoms with E-state index >= 15 is 0 Å². The zero-order chi connectivity index (χ0) is 15.3. The standard InChI is InChI=1S/C16H26N4O.ClH/c1-4-16(2,3)19-15(21)12-20-9-8-18-11-14(20)13-6-5-7-17-10-13;/h5-7,10,14,18H,4,8-9,11-12H2,1-3H3,(H,19,21);1H. The van der Waals surface area contributed by atoms with E-state index in [1.54, 1.807) is 6.20 Å². The van der Waals surface area contributed by atoms with Crippen LogP contribution in [-0.4, -0.2) is 47.5 Å². The maximum absolute atomic E-state index is 12.3. The molecule has 0 aliphatic carbocycles. The maximum Gasteiger partial charge on any atom is 0.234 e. The second kappa shape index (κ2) is 8.46. The molecule has 0 aromatic carbocycles. The van der Waals surface area contributed by atoms with Gasteiger partial charge < -0.3 is 10.6 Å². The Morgan fingerprint density at radius 3 is 2.95 bits per heavy atom. The highest BCUT2D eigenvalue weighted by molar-refractivity contribution is 5.85. The third-order valence-electron chi connectivity index (χ3n) is 4.13. The van der Waals surface area contributed by atoms with Crippen molar-refractivity contribution in [1.82, 2.24) is 20.5 Å². The average Bonchev–Trinajstić information content (AvgIpc) is 2.48. The summed E-state index contributed by atoms with van der Waals surface area (Å²) in [6.45, 7) is 9.29. The smallest absolute Gasteiger partial charge is 0.234 e. The minimum absolute atomic E-state index is 0. The van der Waals surface area contributed by atoms with Crippen molar-refractivity contribution in [3.63, 3.8) is 0 Å². The van der Waals surface area contributed by atoms with Crippen molar-refractivity contribution in [2.75, 3.05) is 26.2 Å². The van der Waals surface area contributed by atoms with Gasteiger partial charge in [-0.1, -0.05) is 13.0 Å². The Hall–Kier alpha value is -1.17. The highest BCUT2D eigenvalue weighted by Crippen LogP contribution is 2.21. The van der Waals surface area contributed by atoms with Gasteiger partial charge in [-0.05, 0) is 31.9 Å². The zero-order valence-electron chi connectivity index (χ0n) is 13.6. The van der Waals surface area contributed by atoms with Crippen LogP contribution in [0.25, 0.3) is 0 Å². The third kappa shape index (κ3) is 5.23. The lowest BCUT2D eigenvalue weighted by Gasteiger charge is -2.36. The van der Waals surface area contributed by atoms with Gasteiger partial charge in [-0.2, -0.15) is 0 Å². The third-order valence-corrected chi connectivity index (χ3v) is 4.13. The minimum atomic E-state index is -0.144. The van der Waals surface area contributed by atoms with E-state index in [2.05, 4.69) is 47.4 Å². The van der Waals surface area contributed by atoms with E-state index in [1.807, 2.05) is 12.3 Å². The Kier molecular flexibility index (Phi) is 7.26. The monoisotopic (exact) mass is 326 g/mol. The molecular formula is C16H27ClN4O. The van der Waals surface area contributed by atoms with E-state index in [4.69, 9.17) is 0 Å². The van der Waals surface area contributed by atoms with Gasteiger partial charge in [-0.15, -0.1) is 12.4 Å². The molecule has 0 bridgehead atoms. The highest BCUT2D eigenvalue weighted by atomic mass is 35.5. The van der Waals surface area contributed by atoms with Gasteiger partial charge in [-0.3, -0.25) is 14.7 Å². The topological polar surface area (TPSA) is 57.3 Å². The second-order valence-corrected chi connectivity index (χ2v) is 6.26. The Labute approximate surface area is 139 Å². The molecule has 2 heterocycles. The van der Waals surface area contributed by atoms with Gasteiger partial charge >= 0.3 is 0 Å². The number of hydrogen-bond donors (Lipinski definition) is 2. The fraction of sp³-hybridized carbons (Fsp3) is 0.625. The van der Waals surface area contributed by atoms with Crippen LogP contribution < -0.4 is 10.6 Å².